The van der Waals surface area contributed by atoms with Crippen molar-refractivity contribution in [3.05, 3.63) is 87.0 Å². The summed E-state index contributed by atoms with van der Waals surface area (Å²) in [6.07, 6.45) is 0. The Hall–Kier alpha value is -2.66. The molecular weight excluding hydrogens is 298 g/mol. The van der Waals surface area contributed by atoms with Crippen LogP contribution < -0.4 is 5.56 Å². The van der Waals surface area contributed by atoms with Crippen LogP contribution in [0.3, 0.4) is 0 Å². The van der Waals surface area contributed by atoms with Gasteiger partial charge >= 0.3 is 0 Å². The van der Waals surface area contributed by atoms with E-state index in [0.29, 0.717) is 17.0 Å². The highest BCUT2D eigenvalue weighted by atomic mass is 32.1. The molecule has 0 fully saturated rings. The van der Waals surface area contributed by atoms with Crippen molar-refractivity contribution >= 4 is 17.3 Å². The Labute approximate surface area is 131 Å². The summed E-state index contributed by atoms with van der Waals surface area (Å²) in [5.41, 5.74) is 1.16. The summed E-state index contributed by atoms with van der Waals surface area (Å²) in [7, 11) is 0. The first kappa shape index (κ1) is 14.3. The second-order valence-corrected chi connectivity index (χ2v) is 5.90. The van der Waals surface area contributed by atoms with Crippen LogP contribution in [-0.4, -0.2) is 14.8 Å². The first-order valence-corrected chi connectivity index (χ1v) is 7.49. The molecule has 3 aromatic rings. The minimum atomic E-state index is -0.215. The van der Waals surface area contributed by atoms with Gasteiger partial charge in [-0.1, -0.05) is 54.0 Å². The molecule has 1 aromatic heterocycles. The van der Waals surface area contributed by atoms with Crippen LogP contribution in [0.15, 0.2) is 65.5 Å². The van der Waals surface area contributed by atoms with Gasteiger partial charge in [0, 0.05) is 11.6 Å². The fourth-order valence-electron chi connectivity index (χ4n) is 2.14. The van der Waals surface area contributed by atoms with Crippen LogP contribution in [-0.2, 0) is 6.54 Å². The van der Waals surface area contributed by atoms with Gasteiger partial charge in [0.1, 0.15) is 5.75 Å². The third-order valence-corrected chi connectivity index (χ3v) is 4.23. The average Bonchev–Trinajstić information content (AvgIpc) is 2.88. The molecule has 0 bridgehead atoms. The second-order valence-electron chi connectivity index (χ2n) is 4.84. The monoisotopic (exact) mass is 311 g/mol. The van der Waals surface area contributed by atoms with Crippen molar-refractivity contribution in [2.24, 2.45) is 0 Å². The molecule has 0 radical (unpaired) electrons. The maximum absolute atomic E-state index is 12.3. The lowest BCUT2D eigenvalue weighted by Crippen LogP contribution is -2.12. The highest BCUT2D eigenvalue weighted by Crippen LogP contribution is 2.16. The first-order chi connectivity index (χ1) is 10.6. The minimum Gasteiger partial charge on any atom is -0.508 e. The van der Waals surface area contributed by atoms with Gasteiger partial charge in [-0.05, 0) is 17.7 Å². The zero-order valence-electron chi connectivity index (χ0n) is 11.6. The standard InChI is InChI=1S/C17H13NO3S/c19-14-8-4-5-12(9-14)11-18-16(20)10-15(22-18)17(21)13-6-2-1-3-7-13/h1-10,19H,11H2. The number of aromatic hydroxyl groups is 1. The number of phenolic OH excluding ortho intramolecular Hbond substituents is 1. The molecule has 0 atom stereocenters. The molecule has 0 saturated carbocycles. The molecule has 4 nitrogen and oxygen atoms in total. The van der Waals surface area contributed by atoms with Crippen LogP contribution >= 0.6 is 11.5 Å². The normalized spacial score (nSPS) is 10.5. The van der Waals surface area contributed by atoms with Crippen molar-refractivity contribution in [3.8, 4) is 5.75 Å². The Balaban J connectivity index is 1.88. The van der Waals surface area contributed by atoms with Crippen molar-refractivity contribution < 1.29 is 9.90 Å². The van der Waals surface area contributed by atoms with E-state index in [0.717, 1.165) is 17.1 Å². The van der Waals surface area contributed by atoms with Gasteiger partial charge in [-0.3, -0.25) is 13.5 Å². The van der Waals surface area contributed by atoms with E-state index in [4.69, 9.17) is 0 Å². The summed E-state index contributed by atoms with van der Waals surface area (Å²) < 4.78 is 1.50. The smallest absolute Gasteiger partial charge is 0.261 e. The van der Waals surface area contributed by atoms with E-state index in [1.54, 1.807) is 42.5 Å². The zero-order valence-corrected chi connectivity index (χ0v) is 12.4. The van der Waals surface area contributed by atoms with E-state index in [9.17, 15) is 14.7 Å². The number of benzene rings is 2. The number of hydrogen-bond donors (Lipinski definition) is 1. The van der Waals surface area contributed by atoms with Crippen LogP contribution in [0.5, 0.6) is 5.75 Å². The van der Waals surface area contributed by atoms with Crippen molar-refractivity contribution in [1.29, 1.82) is 0 Å². The fraction of sp³-hybridized carbons (Fsp3) is 0.0588. The van der Waals surface area contributed by atoms with E-state index >= 15 is 0 Å². The molecule has 0 unspecified atom stereocenters. The summed E-state index contributed by atoms with van der Waals surface area (Å²) in [5, 5.41) is 9.46. The Morgan fingerprint density at radius 3 is 2.55 bits per heavy atom. The van der Waals surface area contributed by atoms with E-state index in [-0.39, 0.29) is 17.1 Å². The topological polar surface area (TPSA) is 59.3 Å². The molecule has 0 saturated heterocycles. The molecule has 5 heteroatoms. The SMILES string of the molecule is O=C(c1ccccc1)c1cc(=O)n(Cc2cccc(O)c2)s1. The Morgan fingerprint density at radius 1 is 1.05 bits per heavy atom. The van der Waals surface area contributed by atoms with Gasteiger partial charge in [0.15, 0.2) is 0 Å². The fourth-order valence-corrected chi connectivity index (χ4v) is 3.09. The van der Waals surface area contributed by atoms with E-state index < -0.39 is 0 Å². The average molecular weight is 311 g/mol. The third kappa shape index (κ3) is 2.99. The highest BCUT2D eigenvalue weighted by molar-refractivity contribution is 7.08. The van der Waals surface area contributed by atoms with Gasteiger partial charge in [0.25, 0.3) is 5.56 Å². The van der Waals surface area contributed by atoms with Gasteiger partial charge in [0.2, 0.25) is 5.78 Å². The summed E-state index contributed by atoms with van der Waals surface area (Å²) in [4.78, 5) is 24.8. The summed E-state index contributed by atoms with van der Waals surface area (Å²) in [5.74, 6) is 0.0000458. The van der Waals surface area contributed by atoms with Gasteiger partial charge in [-0.25, -0.2) is 0 Å². The Bertz CT molecular complexity index is 865. The maximum atomic E-state index is 12.3. The van der Waals surface area contributed by atoms with E-state index in [1.165, 1.54) is 10.0 Å². The lowest BCUT2D eigenvalue weighted by Gasteiger charge is -2.02. The van der Waals surface area contributed by atoms with Crippen LogP contribution in [0.1, 0.15) is 20.8 Å². The molecule has 0 aliphatic heterocycles. The van der Waals surface area contributed by atoms with Crippen LogP contribution in [0.4, 0.5) is 0 Å². The van der Waals surface area contributed by atoms with Crippen molar-refractivity contribution in [2.75, 3.05) is 0 Å². The number of aromatic nitrogens is 1. The Kier molecular flexibility index (Phi) is 3.89. The molecule has 22 heavy (non-hydrogen) atoms. The van der Waals surface area contributed by atoms with Crippen molar-refractivity contribution in [2.45, 2.75) is 6.54 Å². The molecule has 0 aliphatic rings. The molecular formula is C17H13NO3S. The molecule has 2 aromatic carbocycles. The summed E-state index contributed by atoms with van der Waals surface area (Å²) in [6, 6.07) is 17.0. The highest BCUT2D eigenvalue weighted by Gasteiger charge is 2.14. The molecule has 0 amide bonds. The number of carbonyl (C=O) groups is 1. The van der Waals surface area contributed by atoms with Gasteiger partial charge < -0.3 is 5.11 Å². The molecule has 0 spiro atoms. The number of ketones is 1. The predicted molar refractivity (Wildman–Crippen MR) is 85.7 cm³/mol. The number of carbonyl (C=O) groups excluding carboxylic acids is 1. The third-order valence-electron chi connectivity index (χ3n) is 3.21. The van der Waals surface area contributed by atoms with Crippen molar-refractivity contribution in [3.63, 3.8) is 0 Å². The molecule has 1 N–H and O–H groups in total. The zero-order chi connectivity index (χ0) is 15.5. The lowest BCUT2D eigenvalue weighted by atomic mass is 10.1. The quantitative estimate of drug-likeness (QED) is 0.754. The van der Waals surface area contributed by atoms with Gasteiger partial charge in [-0.2, -0.15) is 0 Å². The van der Waals surface area contributed by atoms with Gasteiger partial charge in [-0.15, -0.1) is 0 Å². The first-order valence-electron chi connectivity index (χ1n) is 6.72. The number of nitrogens with zero attached hydrogens (tertiary/aromatic N) is 1. The maximum Gasteiger partial charge on any atom is 0.261 e. The summed E-state index contributed by atoms with van der Waals surface area (Å²) in [6.45, 7) is 0.333. The second kappa shape index (κ2) is 5.99. The number of hydrogen-bond acceptors (Lipinski definition) is 4. The minimum absolute atomic E-state index is 0.155. The number of phenols is 1. The largest absolute Gasteiger partial charge is 0.508 e. The van der Waals surface area contributed by atoms with Crippen LogP contribution in [0.25, 0.3) is 0 Å². The number of rotatable bonds is 4. The summed E-state index contributed by atoms with van der Waals surface area (Å²) >= 11 is 1.14. The van der Waals surface area contributed by atoms with Crippen LogP contribution in [0.2, 0.25) is 0 Å². The van der Waals surface area contributed by atoms with Crippen molar-refractivity contribution in [1.82, 2.24) is 3.96 Å². The van der Waals surface area contributed by atoms with E-state index in [2.05, 4.69) is 0 Å². The van der Waals surface area contributed by atoms with E-state index in [1.807, 2.05) is 12.1 Å². The predicted octanol–water partition coefficient (Wildman–Crippen LogP) is 2.89. The lowest BCUT2D eigenvalue weighted by molar-refractivity contribution is 0.104. The Morgan fingerprint density at radius 2 is 1.82 bits per heavy atom. The van der Waals surface area contributed by atoms with Gasteiger partial charge in [0.05, 0.1) is 11.4 Å². The van der Waals surface area contributed by atoms with Crippen LogP contribution in [0, 0.1) is 0 Å². The molecule has 110 valence electrons. The molecule has 0 aliphatic carbocycles. The molecule has 1 heterocycles. The molecule has 3 rings (SSSR count).